The molecule has 5 aromatic rings. The van der Waals surface area contributed by atoms with Gasteiger partial charge in [0.15, 0.2) is 0 Å². The lowest BCUT2D eigenvalue weighted by molar-refractivity contribution is 0.444. The standard InChI is InChI=1S/C43H43N/c1-43(2)40-18-10-8-17-38(40)39-27-26-36(29-41(39)43)44(42-19-11-9-16-37(42)32-13-4-3-5-14-32)35-24-22-31(23-25-35)34-21-20-30-12-6-7-15-33(30)28-34/h8-11,16-29,32H,3-7,12-15H2,1-2H3. The minimum absolute atomic E-state index is 0.0349. The van der Waals surface area contributed by atoms with Crippen molar-refractivity contribution in [2.45, 2.75) is 83.0 Å². The van der Waals surface area contributed by atoms with Gasteiger partial charge in [-0.1, -0.05) is 112 Å². The van der Waals surface area contributed by atoms with Crippen LogP contribution >= 0.6 is 0 Å². The third kappa shape index (κ3) is 4.69. The molecule has 3 aliphatic carbocycles. The zero-order chi connectivity index (χ0) is 29.7. The molecule has 5 aromatic carbocycles. The number of fused-ring (bicyclic) bond motifs is 4. The predicted octanol–water partition coefficient (Wildman–Crippen LogP) is 12.1. The molecule has 0 saturated heterocycles. The van der Waals surface area contributed by atoms with E-state index in [9.17, 15) is 0 Å². The van der Waals surface area contributed by atoms with Gasteiger partial charge in [-0.2, -0.15) is 0 Å². The molecule has 8 rings (SSSR count). The van der Waals surface area contributed by atoms with E-state index in [4.69, 9.17) is 0 Å². The van der Waals surface area contributed by atoms with Crippen LogP contribution in [0.2, 0.25) is 0 Å². The second-order valence-electron chi connectivity index (χ2n) is 13.9. The number of benzene rings is 5. The van der Waals surface area contributed by atoms with E-state index in [0.29, 0.717) is 5.92 Å². The number of hydrogen-bond acceptors (Lipinski definition) is 1. The van der Waals surface area contributed by atoms with Crippen LogP contribution in [0.25, 0.3) is 22.3 Å². The normalized spacial score (nSPS) is 17.0. The number of anilines is 3. The first kappa shape index (κ1) is 27.4. The van der Waals surface area contributed by atoms with Crippen molar-refractivity contribution in [1.82, 2.24) is 0 Å². The molecule has 0 bridgehead atoms. The Morgan fingerprint density at radius 3 is 2.07 bits per heavy atom. The molecule has 0 spiro atoms. The Bertz CT molecular complexity index is 1820. The molecule has 0 aromatic heterocycles. The monoisotopic (exact) mass is 573 g/mol. The summed E-state index contributed by atoms with van der Waals surface area (Å²) < 4.78 is 0. The summed E-state index contributed by atoms with van der Waals surface area (Å²) in [5.74, 6) is 0.618. The molecule has 0 aliphatic heterocycles. The first-order chi connectivity index (χ1) is 21.6. The van der Waals surface area contributed by atoms with Crippen molar-refractivity contribution in [2.24, 2.45) is 0 Å². The fourth-order valence-corrected chi connectivity index (χ4v) is 8.42. The van der Waals surface area contributed by atoms with Crippen molar-refractivity contribution in [2.75, 3.05) is 4.90 Å². The lowest BCUT2D eigenvalue weighted by Gasteiger charge is -2.32. The van der Waals surface area contributed by atoms with Crippen molar-refractivity contribution >= 4 is 17.1 Å². The van der Waals surface area contributed by atoms with Gasteiger partial charge in [0.1, 0.15) is 0 Å². The maximum absolute atomic E-state index is 2.54. The Balaban J connectivity index is 1.24. The quantitative estimate of drug-likeness (QED) is 0.202. The zero-order valence-electron chi connectivity index (χ0n) is 26.3. The van der Waals surface area contributed by atoms with Gasteiger partial charge in [0, 0.05) is 22.5 Å². The second kappa shape index (κ2) is 11.1. The van der Waals surface area contributed by atoms with E-state index in [1.54, 1.807) is 11.1 Å². The highest BCUT2D eigenvalue weighted by atomic mass is 15.1. The molecule has 1 saturated carbocycles. The molecule has 0 atom stereocenters. The van der Waals surface area contributed by atoms with Crippen LogP contribution in [0.5, 0.6) is 0 Å². The van der Waals surface area contributed by atoms with Crippen LogP contribution in [-0.2, 0) is 18.3 Å². The first-order valence-corrected chi connectivity index (χ1v) is 16.9. The highest BCUT2D eigenvalue weighted by molar-refractivity contribution is 5.86. The van der Waals surface area contributed by atoms with Crippen molar-refractivity contribution in [3.63, 3.8) is 0 Å². The summed E-state index contributed by atoms with van der Waals surface area (Å²) in [5.41, 5.74) is 16.6. The third-order valence-electron chi connectivity index (χ3n) is 10.9. The summed E-state index contributed by atoms with van der Waals surface area (Å²) in [6, 6.07) is 41.9. The highest BCUT2D eigenvalue weighted by Crippen LogP contribution is 2.51. The van der Waals surface area contributed by atoms with Crippen molar-refractivity contribution in [3.8, 4) is 22.3 Å². The summed E-state index contributed by atoms with van der Waals surface area (Å²) in [6.45, 7) is 4.77. The molecule has 0 amide bonds. The average molecular weight is 574 g/mol. The molecule has 0 heterocycles. The summed E-state index contributed by atoms with van der Waals surface area (Å²) in [5, 5.41) is 0. The van der Waals surface area contributed by atoms with Gasteiger partial charge in [0.2, 0.25) is 0 Å². The van der Waals surface area contributed by atoms with Crippen molar-refractivity contribution < 1.29 is 0 Å². The minimum atomic E-state index is -0.0349. The largest absolute Gasteiger partial charge is 0.310 e. The number of nitrogens with zero attached hydrogens (tertiary/aromatic N) is 1. The van der Waals surface area contributed by atoms with Crippen LogP contribution in [0.1, 0.15) is 92.5 Å². The molecule has 0 radical (unpaired) electrons. The van der Waals surface area contributed by atoms with Gasteiger partial charge in [-0.3, -0.25) is 0 Å². The molecule has 1 fully saturated rings. The molecule has 220 valence electrons. The molecule has 0 N–H and O–H groups in total. The van der Waals surface area contributed by atoms with E-state index >= 15 is 0 Å². The van der Waals surface area contributed by atoms with Gasteiger partial charge in [0.05, 0.1) is 0 Å². The van der Waals surface area contributed by atoms with Crippen LogP contribution in [0.3, 0.4) is 0 Å². The lowest BCUT2D eigenvalue weighted by Crippen LogP contribution is -2.18. The Kier molecular flexibility index (Phi) is 6.93. The average Bonchev–Trinajstić information content (AvgIpc) is 3.31. The van der Waals surface area contributed by atoms with Crippen LogP contribution in [0.15, 0.2) is 109 Å². The summed E-state index contributed by atoms with van der Waals surface area (Å²) in [7, 11) is 0. The lowest BCUT2D eigenvalue weighted by atomic mass is 9.82. The van der Waals surface area contributed by atoms with Crippen LogP contribution in [0, 0.1) is 0 Å². The van der Waals surface area contributed by atoms with E-state index in [1.807, 2.05) is 0 Å². The topological polar surface area (TPSA) is 3.24 Å². The van der Waals surface area contributed by atoms with E-state index in [-0.39, 0.29) is 5.41 Å². The molecule has 44 heavy (non-hydrogen) atoms. The zero-order valence-corrected chi connectivity index (χ0v) is 26.3. The molecule has 1 heteroatoms. The summed E-state index contributed by atoms with van der Waals surface area (Å²) in [4.78, 5) is 2.54. The Hall–Kier alpha value is -4.10. The third-order valence-corrected chi connectivity index (χ3v) is 10.9. The smallest absolute Gasteiger partial charge is 0.0496 e. The predicted molar refractivity (Wildman–Crippen MR) is 187 cm³/mol. The van der Waals surface area contributed by atoms with Gasteiger partial charge in [0.25, 0.3) is 0 Å². The van der Waals surface area contributed by atoms with Gasteiger partial charge < -0.3 is 4.90 Å². The van der Waals surface area contributed by atoms with Crippen LogP contribution in [0.4, 0.5) is 17.1 Å². The highest BCUT2D eigenvalue weighted by Gasteiger charge is 2.36. The van der Waals surface area contributed by atoms with Crippen molar-refractivity contribution in [1.29, 1.82) is 0 Å². The number of para-hydroxylation sites is 1. The van der Waals surface area contributed by atoms with Gasteiger partial charge in [-0.15, -0.1) is 0 Å². The van der Waals surface area contributed by atoms with E-state index in [2.05, 4.69) is 128 Å². The maximum atomic E-state index is 2.54. The molecule has 0 unspecified atom stereocenters. The molecule has 3 aliphatic rings. The van der Waals surface area contributed by atoms with E-state index < -0.39 is 0 Å². The Morgan fingerprint density at radius 1 is 0.545 bits per heavy atom. The van der Waals surface area contributed by atoms with E-state index in [0.717, 1.165) is 0 Å². The minimum Gasteiger partial charge on any atom is -0.310 e. The fraction of sp³-hybridized carbons (Fsp3) is 0.302. The SMILES string of the molecule is CC1(C)c2ccccc2-c2ccc(N(c3ccc(-c4ccc5c(c4)CCCC5)cc3)c3ccccc3C3CCCCC3)cc21. The number of rotatable bonds is 5. The van der Waals surface area contributed by atoms with E-state index in [1.165, 1.54) is 114 Å². The van der Waals surface area contributed by atoms with Gasteiger partial charge in [-0.05, 0) is 125 Å². The van der Waals surface area contributed by atoms with Crippen LogP contribution in [-0.4, -0.2) is 0 Å². The van der Waals surface area contributed by atoms with Crippen molar-refractivity contribution in [3.05, 3.63) is 137 Å². The second-order valence-corrected chi connectivity index (χ2v) is 13.9. The van der Waals surface area contributed by atoms with Crippen LogP contribution < -0.4 is 4.90 Å². The van der Waals surface area contributed by atoms with Gasteiger partial charge >= 0.3 is 0 Å². The Labute approximate surface area is 263 Å². The number of aryl methyl sites for hydroxylation is 2. The summed E-state index contributed by atoms with van der Waals surface area (Å²) >= 11 is 0. The molecule has 1 nitrogen and oxygen atoms in total. The Morgan fingerprint density at radius 2 is 1.23 bits per heavy atom. The molecular formula is C43H43N. The first-order valence-electron chi connectivity index (χ1n) is 16.9. The summed E-state index contributed by atoms with van der Waals surface area (Å²) in [6.07, 6.45) is 11.7. The maximum Gasteiger partial charge on any atom is 0.0496 e. The van der Waals surface area contributed by atoms with Gasteiger partial charge in [-0.25, -0.2) is 0 Å². The number of hydrogen-bond donors (Lipinski definition) is 0. The fourth-order valence-electron chi connectivity index (χ4n) is 8.42. The molecular weight excluding hydrogens is 530 g/mol.